The van der Waals surface area contributed by atoms with Crippen LogP contribution in [0.1, 0.15) is 22.5 Å². The van der Waals surface area contributed by atoms with Crippen molar-refractivity contribution in [2.75, 3.05) is 31.3 Å². The Kier molecular flexibility index (Phi) is 5.25. The van der Waals surface area contributed by atoms with Crippen LogP contribution in [0.3, 0.4) is 0 Å². The highest BCUT2D eigenvalue weighted by Crippen LogP contribution is 2.32. The van der Waals surface area contributed by atoms with Gasteiger partial charge in [0, 0.05) is 24.7 Å². The second-order valence-corrected chi connectivity index (χ2v) is 8.47. The molecule has 0 radical (unpaired) electrons. The van der Waals surface area contributed by atoms with E-state index in [0.29, 0.717) is 39.8 Å². The van der Waals surface area contributed by atoms with Crippen molar-refractivity contribution in [1.29, 1.82) is 0 Å². The molecule has 0 bridgehead atoms. The molecule has 8 nitrogen and oxygen atoms in total. The van der Waals surface area contributed by atoms with Crippen LogP contribution in [0.5, 0.6) is 0 Å². The fourth-order valence-corrected chi connectivity index (χ4v) is 3.74. The van der Waals surface area contributed by atoms with Crippen molar-refractivity contribution >= 4 is 44.9 Å². The number of rotatable bonds is 7. The molecule has 2 aromatic heterocycles. The third-order valence-corrected chi connectivity index (χ3v) is 5.72. The number of nitrogens with zero attached hydrogens (tertiary/aromatic N) is 2. The number of fused-ring (bicyclic) bond motifs is 1. The van der Waals surface area contributed by atoms with Crippen LogP contribution in [0.4, 0.5) is 10.7 Å². The molecule has 0 unspecified atom stereocenters. The highest BCUT2D eigenvalue weighted by atomic mass is 32.1. The summed E-state index contributed by atoms with van der Waals surface area (Å²) in [5.41, 5.74) is 1.69. The highest BCUT2D eigenvalue weighted by molar-refractivity contribution is 7.18. The van der Waals surface area contributed by atoms with Gasteiger partial charge < -0.3 is 20.0 Å². The molecule has 4 rings (SSSR count). The van der Waals surface area contributed by atoms with Gasteiger partial charge >= 0.3 is 5.76 Å². The highest BCUT2D eigenvalue weighted by Gasteiger charge is 2.29. The van der Waals surface area contributed by atoms with E-state index in [1.807, 2.05) is 19.0 Å². The molecule has 1 aromatic carbocycles. The minimum Gasteiger partial charge on any atom is -0.408 e. The Morgan fingerprint density at radius 2 is 2.00 bits per heavy atom. The van der Waals surface area contributed by atoms with Gasteiger partial charge in [-0.15, -0.1) is 11.3 Å². The first-order chi connectivity index (χ1) is 13.9. The maximum absolute atomic E-state index is 12.6. The van der Waals surface area contributed by atoms with E-state index in [1.165, 1.54) is 11.3 Å². The van der Waals surface area contributed by atoms with E-state index >= 15 is 0 Å². The zero-order valence-corrected chi connectivity index (χ0v) is 17.0. The second-order valence-electron chi connectivity index (χ2n) is 7.39. The molecule has 29 heavy (non-hydrogen) atoms. The van der Waals surface area contributed by atoms with Gasteiger partial charge in [-0.2, -0.15) is 0 Å². The Balaban J connectivity index is 1.49. The summed E-state index contributed by atoms with van der Waals surface area (Å²) in [5, 5.41) is 6.35. The number of thiophene rings is 1. The summed E-state index contributed by atoms with van der Waals surface area (Å²) in [6.07, 6.45) is 1.86. The second kappa shape index (κ2) is 7.84. The van der Waals surface area contributed by atoms with Crippen LogP contribution in [0.2, 0.25) is 0 Å². The number of hydrogen-bond donors (Lipinski definition) is 2. The van der Waals surface area contributed by atoms with Crippen LogP contribution >= 0.6 is 11.3 Å². The number of likely N-dealkylation sites (N-methyl/N-ethyl adjacent to an activating group) is 1. The van der Waals surface area contributed by atoms with Crippen molar-refractivity contribution in [1.82, 2.24) is 9.47 Å². The minimum atomic E-state index is -0.417. The molecular formula is C20H22N4O4S. The normalized spacial score (nSPS) is 13.8. The van der Waals surface area contributed by atoms with Crippen LogP contribution in [0.15, 0.2) is 39.5 Å². The smallest absolute Gasteiger partial charge is 0.408 e. The van der Waals surface area contributed by atoms with Gasteiger partial charge in [-0.05, 0) is 57.3 Å². The number of carbonyl (C=O) groups excluding carboxylic acids is 2. The van der Waals surface area contributed by atoms with Crippen molar-refractivity contribution in [3.05, 3.63) is 45.8 Å². The summed E-state index contributed by atoms with van der Waals surface area (Å²) < 4.78 is 6.84. The lowest BCUT2D eigenvalue weighted by molar-refractivity contribution is -0.117. The first-order valence-corrected chi connectivity index (χ1v) is 10.2. The molecule has 0 saturated heterocycles. The number of benzene rings is 1. The maximum Gasteiger partial charge on any atom is 0.419 e. The first-order valence-electron chi connectivity index (χ1n) is 9.41. The van der Waals surface area contributed by atoms with Gasteiger partial charge in [0.2, 0.25) is 5.91 Å². The molecule has 2 N–H and O–H groups in total. The lowest BCUT2D eigenvalue weighted by Crippen LogP contribution is -2.23. The number of hydrogen-bond acceptors (Lipinski definition) is 6. The zero-order chi connectivity index (χ0) is 20.5. The molecule has 1 fully saturated rings. The van der Waals surface area contributed by atoms with E-state index in [4.69, 9.17) is 4.42 Å². The largest absolute Gasteiger partial charge is 0.419 e. The number of anilines is 2. The maximum atomic E-state index is 12.6. The molecule has 1 saturated carbocycles. The number of carbonyl (C=O) groups is 2. The lowest BCUT2D eigenvalue weighted by atomic mass is 10.2. The molecule has 152 valence electrons. The minimum absolute atomic E-state index is 0.0138. The Labute approximate surface area is 171 Å². The topological polar surface area (TPSA) is 96.6 Å². The summed E-state index contributed by atoms with van der Waals surface area (Å²) in [6, 6.07) is 8.53. The van der Waals surface area contributed by atoms with E-state index in [-0.39, 0.29) is 17.7 Å². The Morgan fingerprint density at radius 1 is 1.21 bits per heavy atom. The van der Waals surface area contributed by atoms with Crippen molar-refractivity contribution < 1.29 is 14.0 Å². The summed E-state index contributed by atoms with van der Waals surface area (Å²) in [4.78, 5) is 39.0. The molecule has 0 atom stereocenters. The van der Waals surface area contributed by atoms with E-state index in [0.717, 1.165) is 12.8 Å². The average molecular weight is 414 g/mol. The number of amides is 2. The van der Waals surface area contributed by atoms with Crippen LogP contribution in [-0.4, -0.2) is 41.9 Å². The molecule has 0 aliphatic heterocycles. The van der Waals surface area contributed by atoms with Crippen molar-refractivity contribution in [3.8, 4) is 0 Å². The van der Waals surface area contributed by atoms with Gasteiger partial charge in [-0.25, -0.2) is 4.79 Å². The van der Waals surface area contributed by atoms with Crippen molar-refractivity contribution in [2.45, 2.75) is 19.4 Å². The van der Waals surface area contributed by atoms with Gasteiger partial charge in [0.1, 0.15) is 0 Å². The zero-order valence-electron chi connectivity index (χ0n) is 16.2. The molecule has 2 amide bonds. The standard InChI is InChI=1S/C20H22N4O4S/c1-23(2)9-10-24-14-11-13(5-6-15(14)28-20(24)27)21-19(26)16-7-8-17(29-16)22-18(25)12-3-4-12/h5-8,11-12H,3-4,9-10H2,1-2H3,(H,21,26)(H,22,25). The van der Waals surface area contributed by atoms with Gasteiger partial charge in [0.05, 0.1) is 15.4 Å². The monoisotopic (exact) mass is 414 g/mol. The lowest BCUT2D eigenvalue weighted by Gasteiger charge is -2.09. The first kappa shape index (κ1) is 19.4. The number of oxazole rings is 1. The molecule has 2 heterocycles. The molecule has 0 spiro atoms. The molecule has 1 aliphatic rings. The summed E-state index contributed by atoms with van der Waals surface area (Å²) in [5.74, 6) is -0.562. The van der Waals surface area contributed by atoms with Crippen molar-refractivity contribution in [2.24, 2.45) is 5.92 Å². The van der Waals surface area contributed by atoms with E-state index < -0.39 is 5.76 Å². The fraction of sp³-hybridized carbons (Fsp3) is 0.350. The average Bonchev–Trinajstić information content (AvgIpc) is 3.35. The summed E-state index contributed by atoms with van der Waals surface area (Å²) >= 11 is 1.23. The van der Waals surface area contributed by atoms with Crippen molar-refractivity contribution in [3.63, 3.8) is 0 Å². The summed E-state index contributed by atoms with van der Waals surface area (Å²) in [6.45, 7) is 1.18. The summed E-state index contributed by atoms with van der Waals surface area (Å²) in [7, 11) is 3.86. The van der Waals surface area contributed by atoms with E-state index in [1.54, 1.807) is 34.9 Å². The SMILES string of the molecule is CN(C)CCn1c(=O)oc2ccc(NC(=O)c3ccc(NC(=O)C4CC4)s3)cc21. The Hall–Kier alpha value is -2.91. The third-order valence-electron chi connectivity index (χ3n) is 4.72. The van der Waals surface area contributed by atoms with Gasteiger partial charge in [0.25, 0.3) is 5.91 Å². The van der Waals surface area contributed by atoms with Crippen LogP contribution in [0.25, 0.3) is 11.1 Å². The quantitative estimate of drug-likeness (QED) is 0.620. The predicted octanol–water partition coefficient (Wildman–Crippen LogP) is 2.82. The van der Waals surface area contributed by atoms with Gasteiger partial charge in [-0.1, -0.05) is 0 Å². The third kappa shape index (κ3) is 4.41. The fourth-order valence-electron chi connectivity index (χ4n) is 2.94. The van der Waals surface area contributed by atoms with Crippen LogP contribution in [-0.2, 0) is 11.3 Å². The Morgan fingerprint density at radius 3 is 2.72 bits per heavy atom. The predicted molar refractivity (Wildman–Crippen MR) is 113 cm³/mol. The van der Waals surface area contributed by atoms with E-state index in [2.05, 4.69) is 10.6 Å². The van der Waals surface area contributed by atoms with Crippen LogP contribution in [0, 0.1) is 5.92 Å². The molecule has 3 aromatic rings. The van der Waals surface area contributed by atoms with Gasteiger partial charge in [-0.3, -0.25) is 14.2 Å². The Bertz CT molecular complexity index is 1120. The number of nitrogens with one attached hydrogen (secondary N) is 2. The molecule has 1 aliphatic carbocycles. The van der Waals surface area contributed by atoms with Crippen LogP contribution < -0.4 is 16.4 Å². The molecule has 9 heteroatoms. The van der Waals surface area contributed by atoms with E-state index in [9.17, 15) is 14.4 Å². The molecular weight excluding hydrogens is 392 g/mol. The number of aromatic nitrogens is 1. The van der Waals surface area contributed by atoms with Gasteiger partial charge in [0.15, 0.2) is 5.58 Å².